The lowest BCUT2D eigenvalue weighted by molar-refractivity contribution is 0.305. The van der Waals surface area contributed by atoms with Crippen molar-refractivity contribution in [1.82, 2.24) is 5.43 Å². The quantitative estimate of drug-likeness (QED) is 0.564. The molecule has 0 saturated heterocycles. The van der Waals surface area contributed by atoms with Crippen LogP contribution in [0.4, 0.5) is 0 Å². The highest BCUT2D eigenvalue weighted by atomic mass is 16.5. The molecule has 0 amide bonds. The van der Waals surface area contributed by atoms with Crippen molar-refractivity contribution in [3.63, 3.8) is 0 Å². The molecule has 3 nitrogen and oxygen atoms in total. The van der Waals surface area contributed by atoms with Crippen LogP contribution in [-0.2, 0) is 6.61 Å². The number of rotatable bonds is 5. The fourth-order valence-electron chi connectivity index (χ4n) is 2.59. The average Bonchev–Trinajstić information content (AvgIpc) is 2.59. The van der Waals surface area contributed by atoms with Gasteiger partial charge in [0.2, 0.25) is 0 Å². The lowest BCUT2D eigenvalue weighted by atomic mass is 10.0. The molecule has 0 spiro atoms. The zero-order valence-corrected chi connectivity index (χ0v) is 13.4. The smallest absolute Gasteiger partial charge is 0.129 e. The first-order chi connectivity index (χ1) is 11.3. The van der Waals surface area contributed by atoms with Crippen molar-refractivity contribution in [2.45, 2.75) is 13.5 Å². The van der Waals surface area contributed by atoms with E-state index in [0.29, 0.717) is 6.61 Å². The molecule has 3 aromatic rings. The van der Waals surface area contributed by atoms with Crippen LogP contribution in [0.2, 0.25) is 0 Å². The maximum atomic E-state index is 6.09. The fourth-order valence-corrected chi connectivity index (χ4v) is 2.59. The Morgan fingerprint density at radius 3 is 2.61 bits per heavy atom. The molecule has 0 radical (unpaired) electrons. The van der Waals surface area contributed by atoms with Gasteiger partial charge in [-0.1, -0.05) is 54.6 Å². The zero-order chi connectivity index (χ0) is 16.1. The highest BCUT2D eigenvalue weighted by Gasteiger charge is 2.08. The van der Waals surface area contributed by atoms with Crippen LogP contribution in [0, 0.1) is 6.92 Å². The molecule has 0 fully saturated rings. The van der Waals surface area contributed by atoms with Gasteiger partial charge in [0.05, 0.1) is 6.21 Å². The van der Waals surface area contributed by atoms with E-state index in [4.69, 9.17) is 4.74 Å². The third-order valence-corrected chi connectivity index (χ3v) is 3.90. The molecule has 0 aliphatic heterocycles. The number of hydrogen-bond donors (Lipinski definition) is 1. The van der Waals surface area contributed by atoms with Gasteiger partial charge in [0.15, 0.2) is 0 Å². The lowest BCUT2D eigenvalue weighted by Gasteiger charge is -2.13. The number of fused-ring (bicyclic) bond motifs is 1. The molecule has 0 aliphatic rings. The second kappa shape index (κ2) is 6.97. The van der Waals surface area contributed by atoms with Crippen LogP contribution in [-0.4, -0.2) is 13.3 Å². The Morgan fingerprint density at radius 2 is 1.78 bits per heavy atom. The van der Waals surface area contributed by atoms with E-state index in [-0.39, 0.29) is 0 Å². The highest BCUT2D eigenvalue weighted by Crippen LogP contribution is 2.27. The maximum absolute atomic E-state index is 6.09. The minimum Gasteiger partial charge on any atom is -0.488 e. The van der Waals surface area contributed by atoms with Gasteiger partial charge in [-0.05, 0) is 34.9 Å². The van der Waals surface area contributed by atoms with Gasteiger partial charge in [-0.2, -0.15) is 5.10 Å². The summed E-state index contributed by atoms with van der Waals surface area (Å²) in [5.41, 5.74) is 6.22. The summed E-state index contributed by atoms with van der Waals surface area (Å²) in [6.45, 7) is 2.65. The molecule has 0 atom stereocenters. The van der Waals surface area contributed by atoms with Gasteiger partial charge in [-0.15, -0.1) is 0 Å². The Labute approximate surface area is 136 Å². The molecule has 0 aromatic heterocycles. The summed E-state index contributed by atoms with van der Waals surface area (Å²) in [5, 5.41) is 6.48. The minimum absolute atomic E-state index is 0.547. The SMILES string of the molecule is CN/N=C/c1c(OCc2ccccc2C)ccc2ccccc12. The third-order valence-electron chi connectivity index (χ3n) is 3.90. The predicted octanol–water partition coefficient (Wildman–Crippen LogP) is 4.28. The standard InChI is InChI=1S/C20H20N2O/c1-15-7-3-4-9-17(15)14-23-20-12-11-16-8-5-6-10-18(16)19(20)13-22-21-2/h3-13,21H,14H2,1-2H3/b22-13+. The molecule has 3 aromatic carbocycles. The molecule has 0 aliphatic carbocycles. The van der Waals surface area contributed by atoms with Crippen LogP contribution < -0.4 is 10.2 Å². The van der Waals surface area contributed by atoms with Gasteiger partial charge < -0.3 is 10.2 Å². The largest absolute Gasteiger partial charge is 0.488 e. The van der Waals surface area contributed by atoms with Crippen LogP contribution in [0.3, 0.4) is 0 Å². The van der Waals surface area contributed by atoms with Crippen molar-refractivity contribution in [2.75, 3.05) is 7.05 Å². The summed E-state index contributed by atoms with van der Waals surface area (Å²) in [6, 6.07) is 20.6. The van der Waals surface area contributed by atoms with Gasteiger partial charge in [0, 0.05) is 12.6 Å². The molecular weight excluding hydrogens is 284 g/mol. The Kier molecular flexibility index (Phi) is 4.57. The summed E-state index contributed by atoms with van der Waals surface area (Å²) in [5.74, 6) is 0.839. The molecule has 0 unspecified atom stereocenters. The van der Waals surface area contributed by atoms with Crippen LogP contribution in [0.15, 0.2) is 65.8 Å². The van der Waals surface area contributed by atoms with Crippen molar-refractivity contribution >= 4 is 17.0 Å². The predicted molar refractivity (Wildman–Crippen MR) is 96.1 cm³/mol. The molecule has 0 heterocycles. The lowest BCUT2D eigenvalue weighted by Crippen LogP contribution is -2.02. The Morgan fingerprint density at radius 1 is 1.00 bits per heavy atom. The van der Waals surface area contributed by atoms with Crippen LogP contribution in [0.5, 0.6) is 5.75 Å². The topological polar surface area (TPSA) is 33.6 Å². The third kappa shape index (κ3) is 3.34. The molecule has 23 heavy (non-hydrogen) atoms. The number of hydrogen-bond acceptors (Lipinski definition) is 3. The number of ether oxygens (including phenoxy) is 1. The second-order valence-corrected chi connectivity index (χ2v) is 5.40. The summed E-state index contributed by atoms with van der Waals surface area (Å²) in [7, 11) is 1.79. The van der Waals surface area contributed by atoms with Gasteiger partial charge in [0.1, 0.15) is 12.4 Å². The molecule has 3 heteroatoms. The first-order valence-corrected chi connectivity index (χ1v) is 7.68. The van der Waals surface area contributed by atoms with E-state index < -0.39 is 0 Å². The van der Waals surface area contributed by atoms with Crippen molar-refractivity contribution in [1.29, 1.82) is 0 Å². The van der Waals surface area contributed by atoms with E-state index in [9.17, 15) is 0 Å². The number of nitrogens with one attached hydrogen (secondary N) is 1. The molecule has 1 N–H and O–H groups in total. The monoisotopic (exact) mass is 304 g/mol. The van der Waals surface area contributed by atoms with Crippen molar-refractivity contribution in [2.24, 2.45) is 5.10 Å². The molecule has 116 valence electrons. The summed E-state index contributed by atoms with van der Waals surface area (Å²) in [4.78, 5) is 0. The summed E-state index contributed by atoms with van der Waals surface area (Å²) in [6.07, 6.45) is 1.81. The Bertz CT molecular complexity index is 840. The molecule has 0 saturated carbocycles. The van der Waals surface area contributed by atoms with Crippen LogP contribution in [0.25, 0.3) is 10.8 Å². The minimum atomic E-state index is 0.547. The Hall–Kier alpha value is -2.81. The maximum Gasteiger partial charge on any atom is 0.129 e. The van der Waals surface area contributed by atoms with E-state index >= 15 is 0 Å². The average molecular weight is 304 g/mol. The second-order valence-electron chi connectivity index (χ2n) is 5.40. The normalized spacial score (nSPS) is 11.0. The first kappa shape index (κ1) is 15.1. The number of nitrogens with zero attached hydrogens (tertiary/aromatic N) is 1. The van der Waals surface area contributed by atoms with Crippen LogP contribution in [0.1, 0.15) is 16.7 Å². The van der Waals surface area contributed by atoms with Gasteiger partial charge in [0.25, 0.3) is 0 Å². The van der Waals surface area contributed by atoms with E-state index in [1.54, 1.807) is 7.05 Å². The summed E-state index contributed by atoms with van der Waals surface area (Å²) < 4.78 is 6.09. The van der Waals surface area contributed by atoms with Gasteiger partial charge >= 0.3 is 0 Å². The molecular formula is C20H20N2O. The zero-order valence-electron chi connectivity index (χ0n) is 13.4. The van der Waals surface area contributed by atoms with Crippen molar-refractivity contribution in [3.8, 4) is 5.75 Å². The Balaban J connectivity index is 1.96. The number of hydrazone groups is 1. The van der Waals surface area contributed by atoms with Gasteiger partial charge in [-0.25, -0.2) is 0 Å². The fraction of sp³-hybridized carbons (Fsp3) is 0.150. The number of benzene rings is 3. The first-order valence-electron chi connectivity index (χ1n) is 7.68. The van der Waals surface area contributed by atoms with Crippen LogP contribution >= 0.6 is 0 Å². The highest BCUT2D eigenvalue weighted by molar-refractivity contribution is 6.02. The van der Waals surface area contributed by atoms with E-state index in [1.807, 2.05) is 36.5 Å². The number of aryl methyl sites for hydroxylation is 1. The van der Waals surface area contributed by atoms with E-state index in [0.717, 1.165) is 16.7 Å². The van der Waals surface area contributed by atoms with Gasteiger partial charge in [-0.3, -0.25) is 0 Å². The van der Waals surface area contributed by atoms with Crippen molar-refractivity contribution < 1.29 is 4.74 Å². The summed E-state index contributed by atoms with van der Waals surface area (Å²) >= 11 is 0. The van der Waals surface area contributed by atoms with Crippen molar-refractivity contribution in [3.05, 3.63) is 77.4 Å². The molecule has 3 rings (SSSR count). The molecule has 0 bridgehead atoms. The van der Waals surface area contributed by atoms with E-state index in [2.05, 4.69) is 47.8 Å². The van der Waals surface area contributed by atoms with E-state index in [1.165, 1.54) is 16.5 Å².